The molecular formula is C22H23N3O3. The van der Waals surface area contributed by atoms with Gasteiger partial charge in [0.2, 0.25) is 0 Å². The normalized spacial score (nSPS) is 15.0. The Hall–Kier alpha value is -3.15. The number of benzene rings is 2. The number of amides is 1. The number of aryl methyl sites for hydroxylation is 1. The van der Waals surface area contributed by atoms with Crippen molar-refractivity contribution in [2.45, 2.75) is 32.6 Å². The number of carbonyl (C=O) groups excluding carboxylic acids is 2. The number of hydrogen-bond acceptors (Lipinski definition) is 4. The van der Waals surface area contributed by atoms with Crippen molar-refractivity contribution in [3.63, 3.8) is 0 Å². The second kappa shape index (κ2) is 7.46. The van der Waals surface area contributed by atoms with Crippen LogP contribution in [-0.4, -0.2) is 39.8 Å². The second-order valence-corrected chi connectivity index (χ2v) is 7.33. The quantitative estimate of drug-likeness (QED) is 0.556. The molecule has 0 saturated carbocycles. The van der Waals surface area contributed by atoms with E-state index in [4.69, 9.17) is 9.72 Å². The number of H-pyrrole nitrogens is 1. The van der Waals surface area contributed by atoms with Crippen molar-refractivity contribution in [1.29, 1.82) is 0 Å². The fourth-order valence-corrected chi connectivity index (χ4v) is 3.71. The predicted molar refractivity (Wildman–Crippen MR) is 106 cm³/mol. The van der Waals surface area contributed by atoms with Crippen molar-refractivity contribution in [2.75, 3.05) is 13.1 Å². The van der Waals surface area contributed by atoms with Gasteiger partial charge in [0, 0.05) is 31.5 Å². The van der Waals surface area contributed by atoms with Crippen LogP contribution in [0.5, 0.6) is 5.75 Å². The average Bonchev–Trinajstić information content (AvgIpc) is 3.11. The number of carbonyl (C=O) groups is 2. The Morgan fingerprint density at radius 1 is 1.11 bits per heavy atom. The largest absolute Gasteiger partial charge is 0.427 e. The van der Waals surface area contributed by atoms with Gasteiger partial charge in [-0.3, -0.25) is 9.59 Å². The van der Waals surface area contributed by atoms with Crippen LogP contribution >= 0.6 is 0 Å². The number of esters is 1. The highest BCUT2D eigenvalue weighted by Gasteiger charge is 2.26. The molecule has 0 radical (unpaired) electrons. The van der Waals surface area contributed by atoms with Crippen LogP contribution in [0.2, 0.25) is 0 Å². The van der Waals surface area contributed by atoms with Gasteiger partial charge >= 0.3 is 5.97 Å². The van der Waals surface area contributed by atoms with Crippen molar-refractivity contribution in [1.82, 2.24) is 14.9 Å². The molecule has 0 spiro atoms. The van der Waals surface area contributed by atoms with Gasteiger partial charge in [-0.15, -0.1) is 0 Å². The maximum Gasteiger partial charge on any atom is 0.308 e. The van der Waals surface area contributed by atoms with E-state index in [9.17, 15) is 9.59 Å². The first-order valence-electron chi connectivity index (χ1n) is 9.53. The maximum absolute atomic E-state index is 12.7. The molecule has 2 aromatic carbocycles. The first kappa shape index (κ1) is 18.2. The Morgan fingerprint density at radius 3 is 2.50 bits per heavy atom. The molecule has 2 heterocycles. The van der Waals surface area contributed by atoms with Gasteiger partial charge in [0.1, 0.15) is 11.6 Å². The number of fused-ring (bicyclic) bond motifs is 1. The summed E-state index contributed by atoms with van der Waals surface area (Å²) >= 11 is 0. The lowest BCUT2D eigenvalue weighted by atomic mass is 9.95. The average molecular weight is 377 g/mol. The molecular weight excluding hydrogens is 354 g/mol. The van der Waals surface area contributed by atoms with E-state index < -0.39 is 0 Å². The summed E-state index contributed by atoms with van der Waals surface area (Å²) in [6.45, 7) is 4.83. The highest BCUT2D eigenvalue weighted by Crippen LogP contribution is 2.29. The van der Waals surface area contributed by atoms with E-state index >= 15 is 0 Å². The van der Waals surface area contributed by atoms with Gasteiger partial charge in [-0.05, 0) is 61.7 Å². The Labute approximate surface area is 163 Å². The van der Waals surface area contributed by atoms with Crippen molar-refractivity contribution >= 4 is 22.9 Å². The number of aromatic amines is 1. The smallest absolute Gasteiger partial charge is 0.308 e. The Balaban J connectivity index is 1.40. The zero-order valence-corrected chi connectivity index (χ0v) is 16.1. The molecule has 1 amide bonds. The van der Waals surface area contributed by atoms with Gasteiger partial charge in [0.15, 0.2) is 0 Å². The van der Waals surface area contributed by atoms with E-state index in [0.29, 0.717) is 30.3 Å². The highest BCUT2D eigenvalue weighted by atomic mass is 16.5. The molecule has 6 nitrogen and oxygen atoms in total. The van der Waals surface area contributed by atoms with E-state index in [1.165, 1.54) is 12.5 Å². The van der Waals surface area contributed by atoms with Gasteiger partial charge in [-0.25, -0.2) is 4.98 Å². The van der Waals surface area contributed by atoms with Crippen LogP contribution in [-0.2, 0) is 4.79 Å². The second-order valence-electron chi connectivity index (χ2n) is 7.33. The van der Waals surface area contributed by atoms with Crippen molar-refractivity contribution in [3.05, 3.63) is 59.4 Å². The molecule has 0 atom stereocenters. The molecule has 6 heteroatoms. The zero-order chi connectivity index (χ0) is 19.7. The molecule has 28 heavy (non-hydrogen) atoms. The fraction of sp³-hybridized carbons (Fsp3) is 0.318. The third kappa shape index (κ3) is 3.76. The van der Waals surface area contributed by atoms with Gasteiger partial charge in [-0.1, -0.05) is 6.07 Å². The van der Waals surface area contributed by atoms with Crippen LogP contribution in [0.4, 0.5) is 0 Å². The summed E-state index contributed by atoms with van der Waals surface area (Å²) in [5, 5.41) is 0. The number of rotatable bonds is 3. The zero-order valence-electron chi connectivity index (χ0n) is 16.1. The molecule has 0 unspecified atom stereocenters. The standard InChI is InChI=1S/C22H23N3O3/c1-14-3-8-19-20(13-14)24-21(23-19)16-9-11-25(12-10-16)22(27)17-4-6-18(7-5-17)28-15(2)26/h3-8,13,16H,9-12H2,1-2H3,(H,23,24). The van der Waals surface area contributed by atoms with E-state index in [2.05, 4.69) is 24.0 Å². The molecule has 1 fully saturated rings. The number of hydrogen-bond donors (Lipinski definition) is 1. The number of ether oxygens (including phenoxy) is 1. The predicted octanol–water partition coefficient (Wildman–Crippen LogP) is 3.82. The topological polar surface area (TPSA) is 75.3 Å². The van der Waals surface area contributed by atoms with E-state index in [0.717, 1.165) is 29.7 Å². The number of nitrogens with zero attached hydrogens (tertiary/aromatic N) is 2. The lowest BCUT2D eigenvalue weighted by Gasteiger charge is -2.31. The lowest BCUT2D eigenvalue weighted by molar-refractivity contribution is -0.131. The molecule has 0 aliphatic carbocycles. The van der Waals surface area contributed by atoms with Crippen LogP contribution < -0.4 is 4.74 Å². The summed E-state index contributed by atoms with van der Waals surface area (Å²) < 4.78 is 5.02. The number of aromatic nitrogens is 2. The minimum atomic E-state index is -0.373. The molecule has 144 valence electrons. The molecule has 0 bridgehead atoms. The SMILES string of the molecule is CC(=O)Oc1ccc(C(=O)N2CCC(c3nc4ccc(C)cc4[nH]3)CC2)cc1. The van der Waals surface area contributed by atoms with Gasteiger partial charge in [0.05, 0.1) is 11.0 Å². The third-order valence-corrected chi connectivity index (χ3v) is 5.19. The molecule has 1 saturated heterocycles. The molecule has 1 aliphatic rings. The summed E-state index contributed by atoms with van der Waals surface area (Å²) in [5.41, 5.74) is 3.88. The summed E-state index contributed by atoms with van der Waals surface area (Å²) in [6, 6.07) is 12.9. The summed E-state index contributed by atoms with van der Waals surface area (Å²) in [7, 11) is 0. The van der Waals surface area contributed by atoms with Crippen LogP contribution in [0.15, 0.2) is 42.5 Å². The number of imidazole rings is 1. The monoisotopic (exact) mass is 377 g/mol. The summed E-state index contributed by atoms with van der Waals surface area (Å²) in [4.78, 5) is 33.8. The molecule has 3 aromatic rings. The van der Waals surface area contributed by atoms with Crippen LogP contribution in [0, 0.1) is 6.92 Å². The van der Waals surface area contributed by atoms with Crippen LogP contribution in [0.3, 0.4) is 0 Å². The van der Waals surface area contributed by atoms with Gasteiger partial charge < -0.3 is 14.6 Å². The molecule has 1 aliphatic heterocycles. The minimum Gasteiger partial charge on any atom is -0.427 e. The van der Waals surface area contributed by atoms with E-state index in [1.807, 2.05) is 11.0 Å². The molecule has 1 aromatic heterocycles. The van der Waals surface area contributed by atoms with Gasteiger partial charge in [0.25, 0.3) is 5.91 Å². The summed E-state index contributed by atoms with van der Waals surface area (Å²) in [5.74, 6) is 1.43. The third-order valence-electron chi connectivity index (χ3n) is 5.19. The van der Waals surface area contributed by atoms with E-state index in [-0.39, 0.29) is 11.9 Å². The summed E-state index contributed by atoms with van der Waals surface area (Å²) in [6.07, 6.45) is 1.77. The lowest BCUT2D eigenvalue weighted by Crippen LogP contribution is -2.38. The minimum absolute atomic E-state index is 0.00746. The molecule has 4 rings (SSSR count). The fourth-order valence-electron chi connectivity index (χ4n) is 3.71. The Morgan fingerprint density at radius 2 is 1.82 bits per heavy atom. The number of likely N-dealkylation sites (tertiary alicyclic amines) is 1. The van der Waals surface area contributed by atoms with Crippen molar-refractivity contribution < 1.29 is 14.3 Å². The first-order valence-corrected chi connectivity index (χ1v) is 9.53. The molecule has 1 N–H and O–H groups in total. The van der Waals surface area contributed by atoms with Crippen molar-refractivity contribution in [2.24, 2.45) is 0 Å². The van der Waals surface area contributed by atoms with Crippen LogP contribution in [0.1, 0.15) is 47.4 Å². The number of nitrogens with one attached hydrogen (secondary N) is 1. The highest BCUT2D eigenvalue weighted by molar-refractivity contribution is 5.94. The first-order chi connectivity index (χ1) is 13.5. The Bertz CT molecular complexity index is 1020. The van der Waals surface area contributed by atoms with Crippen LogP contribution in [0.25, 0.3) is 11.0 Å². The van der Waals surface area contributed by atoms with Gasteiger partial charge in [-0.2, -0.15) is 0 Å². The Kier molecular flexibility index (Phi) is 4.86. The van der Waals surface area contributed by atoms with Crippen molar-refractivity contribution in [3.8, 4) is 5.75 Å². The maximum atomic E-state index is 12.7. The number of piperidine rings is 1. The van der Waals surface area contributed by atoms with E-state index in [1.54, 1.807) is 24.3 Å².